The highest BCUT2D eigenvalue weighted by molar-refractivity contribution is 5.80. The van der Waals surface area contributed by atoms with Gasteiger partial charge in [0.2, 0.25) is 5.91 Å². The zero-order valence-corrected chi connectivity index (χ0v) is 18.2. The molecule has 1 unspecified atom stereocenters. The van der Waals surface area contributed by atoms with Crippen molar-refractivity contribution in [1.82, 2.24) is 20.4 Å². The van der Waals surface area contributed by atoms with Gasteiger partial charge in [-0.1, -0.05) is 44.2 Å². The van der Waals surface area contributed by atoms with Crippen LogP contribution in [0.15, 0.2) is 35.3 Å². The van der Waals surface area contributed by atoms with Crippen molar-refractivity contribution >= 4 is 11.9 Å². The fraction of sp³-hybridized carbons (Fsp3) is 0.652. The molecule has 3 rings (SSSR count). The molecule has 2 N–H and O–H groups in total. The van der Waals surface area contributed by atoms with Crippen LogP contribution in [0.25, 0.3) is 0 Å². The number of piperidine rings is 1. The van der Waals surface area contributed by atoms with Crippen molar-refractivity contribution in [2.75, 3.05) is 33.2 Å². The van der Waals surface area contributed by atoms with Crippen LogP contribution in [-0.4, -0.2) is 67.0 Å². The fourth-order valence-corrected chi connectivity index (χ4v) is 4.36. The summed E-state index contributed by atoms with van der Waals surface area (Å²) in [6.45, 7) is 8.71. The molecule has 29 heavy (non-hydrogen) atoms. The second-order valence-corrected chi connectivity index (χ2v) is 8.60. The van der Waals surface area contributed by atoms with Gasteiger partial charge in [0, 0.05) is 51.2 Å². The minimum Gasteiger partial charge on any atom is -0.355 e. The third kappa shape index (κ3) is 6.20. The first-order chi connectivity index (χ1) is 14.1. The van der Waals surface area contributed by atoms with Crippen molar-refractivity contribution in [2.45, 2.75) is 58.2 Å². The number of carbonyl (C=O) groups is 1. The van der Waals surface area contributed by atoms with Crippen molar-refractivity contribution < 1.29 is 4.79 Å². The molecule has 6 heteroatoms. The topological polar surface area (TPSA) is 60.0 Å². The molecule has 2 saturated heterocycles. The zero-order chi connectivity index (χ0) is 20.6. The highest BCUT2D eigenvalue weighted by Gasteiger charge is 2.26. The molecule has 0 saturated carbocycles. The lowest BCUT2D eigenvalue weighted by molar-refractivity contribution is -0.135. The Hall–Kier alpha value is -2.08. The summed E-state index contributed by atoms with van der Waals surface area (Å²) in [7, 11) is 1.84. The third-order valence-electron chi connectivity index (χ3n) is 6.10. The maximum absolute atomic E-state index is 12.2. The zero-order valence-electron chi connectivity index (χ0n) is 18.2. The number of benzene rings is 1. The van der Waals surface area contributed by atoms with Gasteiger partial charge in [-0.05, 0) is 37.8 Å². The first kappa shape index (κ1) is 21.6. The smallest absolute Gasteiger partial charge is 0.225 e. The average molecular weight is 400 g/mol. The highest BCUT2D eigenvalue weighted by Crippen LogP contribution is 2.19. The number of hydrogen-bond donors (Lipinski definition) is 2. The van der Waals surface area contributed by atoms with Crippen molar-refractivity contribution in [3.05, 3.63) is 35.9 Å². The Morgan fingerprint density at radius 1 is 1.14 bits per heavy atom. The molecular formula is C23H37N5O. The molecule has 1 aromatic carbocycles. The second-order valence-electron chi connectivity index (χ2n) is 8.60. The van der Waals surface area contributed by atoms with E-state index in [0.717, 1.165) is 51.5 Å². The van der Waals surface area contributed by atoms with Crippen LogP contribution in [0.5, 0.6) is 0 Å². The number of amides is 1. The highest BCUT2D eigenvalue weighted by atomic mass is 16.2. The Morgan fingerprint density at radius 3 is 2.52 bits per heavy atom. The summed E-state index contributed by atoms with van der Waals surface area (Å²) >= 11 is 0. The van der Waals surface area contributed by atoms with E-state index in [1.165, 1.54) is 18.4 Å². The summed E-state index contributed by atoms with van der Waals surface area (Å²) in [5, 5.41) is 7.11. The fourth-order valence-electron chi connectivity index (χ4n) is 4.36. The van der Waals surface area contributed by atoms with E-state index in [1.807, 2.05) is 25.8 Å². The predicted molar refractivity (Wildman–Crippen MR) is 119 cm³/mol. The van der Waals surface area contributed by atoms with E-state index >= 15 is 0 Å². The van der Waals surface area contributed by atoms with Gasteiger partial charge in [0.15, 0.2) is 5.96 Å². The Morgan fingerprint density at radius 2 is 1.86 bits per heavy atom. The molecule has 2 fully saturated rings. The minimum atomic E-state index is 0.0826. The molecule has 160 valence electrons. The van der Waals surface area contributed by atoms with Gasteiger partial charge in [0.25, 0.3) is 0 Å². The number of carbonyl (C=O) groups excluding carboxylic acids is 1. The lowest BCUT2D eigenvalue weighted by Crippen LogP contribution is -2.51. The summed E-state index contributed by atoms with van der Waals surface area (Å²) in [4.78, 5) is 21.2. The quantitative estimate of drug-likeness (QED) is 0.570. The van der Waals surface area contributed by atoms with Gasteiger partial charge in [0.1, 0.15) is 0 Å². The molecule has 1 amide bonds. The largest absolute Gasteiger partial charge is 0.355 e. The SMILES string of the molecule is CN=C(NCC1CCCN1Cc1ccccc1)NC1CCN(C(=O)C(C)C)CC1. The molecule has 0 bridgehead atoms. The van der Waals surface area contributed by atoms with Crippen molar-refractivity contribution in [3.63, 3.8) is 0 Å². The molecule has 2 aliphatic rings. The number of nitrogens with zero attached hydrogens (tertiary/aromatic N) is 3. The van der Waals surface area contributed by atoms with Crippen LogP contribution in [0, 0.1) is 5.92 Å². The van der Waals surface area contributed by atoms with E-state index in [1.54, 1.807) is 0 Å². The molecule has 2 heterocycles. The Balaban J connectivity index is 1.43. The van der Waals surface area contributed by atoms with Crippen LogP contribution >= 0.6 is 0 Å². The number of aliphatic imine (C=N–C) groups is 1. The number of guanidine groups is 1. The number of likely N-dealkylation sites (tertiary alicyclic amines) is 2. The number of hydrogen-bond acceptors (Lipinski definition) is 3. The third-order valence-corrected chi connectivity index (χ3v) is 6.10. The molecule has 2 aliphatic heterocycles. The summed E-state index contributed by atoms with van der Waals surface area (Å²) in [6, 6.07) is 11.6. The molecule has 1 aromatic rings. The van der Waals surface area contributed by atoms with E-state index < -0.39 is 0 Å². The van der Waals surface area contributed by atoms with Gasteiger partial charge in [0.05, 0.1) is 0 Å². The molecule has 0 aromatic heterocycles. The van der Waals surface area contributed by atoms with E-state index in [9.17, 15) is 4.79 Å². The Labute approximate surface area is 175 Å². The van der Waals surface area contributed by atoms with Crippen LogP contribution in [0.2, 0.25) is 0 Å². The molecule has 0 spiro atoms. The van der Waals surface area contributed by atoms with Gasteiger partial charge in [-0.15, -0.1) is 0 Å². The number of nitrogens with one attached hydrogen (secondary N) is 2. The minimum absolute atomic E-state index is 0.0826. The van der Waals surface area contributed by atoms with Crippen LogP contribution in [0.4, 0.5) is 0 Å². The van der Waals surface area contributed by atoms with E-state index in [0.29, 0.717) is 12.1 Å². The summed E-state index contributed by atoms with van der Waals surface area (Å²) in [5.74, 6) is 1.23. The lowest BCUT2D eigenvalue weighted by atomic mass is 10.0. The molecular weight excluding hydrogens is 362 g/mol. The van der Waals surface area contributed by atoms with Gasteiger partial charge >= 0.3 is 0 Å². The van der Waals surface area contributed by atoms with Gasteiger partial charge in [-0.2, -0.15) is 0 Å². The Kier molecular flexibility index (Phi) is 7.92. The lowest BCUT2D eigenvalue weighted by Gasteiger charge is -2.34. The molecule has 6 nitrogen and oxygen atoms in total. The summed E-state index contributed by atoms with van der Waals surface area (Å²) < 4.78 is 0. The van der Waals surface area contributed by atoms with E-state index in [4.69, 9.17) is 0 Å². The van der Waals surface area contributed by atoms with Gasteiger partial charge in [-0.25, -0.2) is 0 Å². The van der Waals surface area contributed by atoms with E-state index in [-0.39, 0.29) is 11.8 Å². The Bertz CT molecular complexity index is 667. The first-order valence-electron chi connectivity index (χ1n) is 11.1. The summed E-state index contributed by atoms with van der Waals surface area (Å²) in [5.41, 5.74) is 1.38. The maximum Gasteiger partial charge on any atom is 0.225 e. The van der Waals surface area contributed by atoms with E-state index in [2.05, 4.69) is 50.9 Å². The van der Waals surface area contributed by atoms with Crippen molar-refractivity contribution in [3.8, 4) is 0 Å². The van der Waals surface area contributed by atoms with Crippen molar-refractivity contribution in [1.29, 1.82) is 0 Å². The van der Waals surface area contributed by atoms with Crippen LogP contribution < -0.4 is 10.6 Å². The van der Waals surface area contributed by atoms with Crippen LogP contribution in [0.1, 0.15) is 45.1 Å². The number of rotatable bonds is 6. The second kappa shape index (κ2) is 10.6. The molecule has 1 atom stereocenters. The molecule has 0 radical (unpaired) electrons. The maximum atomic E-state index is 12.2. The normalized spacial score (nSPS) is 21.6. The monoisotopic (exact) mass is 399 g/mol. The van der Waals surface area contributed by atoms with Crippen molar-refractivity contribution in [2.24, 2.45) is 10.9 Å². The van der Waals surface area contributed by atoms with Gasteiger partial charge in [-0.3, -0.25) is 14.7 Å². The molecule has 0 aliphatic carbocycles. The standard InChI is InChI=1S/C23H37N5O/c1-18(2)22(29)27-14-11-20(12-15-27)26-23(24-3)25-16-21-10-7-13-28(21)17-19-8-5-4-6-9-19/h4-6,8-9,18,20-21H,7,10-17H2,1-3H3,(H2,24,25,26). The van der Waals surface area contributed by atoms with Crippen LogP contribution in [0.3, 0.4) is 0 Å². The predicted octanol–water partition coefficient (Wildman–Crippen LogP) is 2.46. The average Bonchev–Trinajstić information content (AvgIpc) is 3.18. The van der Waals surface area contributed by atoms with Crippen LogP contribution in [-0.2, 0) is 11.3 Å². The first-order valence-corrected chi connectivity index (χ1v) is 11.1. The summed E-state index contributed by atoms with van der Waals surface area (Å²) in [6.07, 6.45) is 4.44. The van der Waals surface area contributed by atoms with Gasteiger partial charge < -0.3 is 15.5 Å².